The maximum absolute atomic E-state index is 5.44. The van der Waals surface area contributed by atoms with E-state index in [2.05, 4.69) is 215 Å². The van der Waals surface area contributed by atoms with Crippen LogP contribution in [-0.2, 0) is 0 Å². The van der Waals surface area contributed by atoms with Crippen LogP contribution in [0.4, 0.5) is 0 Å². The van der Waals surface area contributed by atoms with Crippen molar-refractivity contribution in [2.45, 2.75) is 6.92 Å². The molecule has 0 atom stereocenters. The molecule has 4 aromatic heterocycles. The number of nitrogens with zero attached hydrogens (tertiary/aromatic N) is 5. The third-order valence-corrected chi connectivity index (χ3v) is 13.1. The molecule has 5 nitrogen and oxygen atoms in total. The van der Waals surface area contributed by atoms with Crippen molar-refractivity contribution >= 4 is 99.2 Å². The molecule has 13 rings (SSSR count). The second-order valence-electron chi connectivity index (χ2n) is 16.5. The Balaban J connectivity index is 1.08. The smallest absolute Gasteiger partial charge is 0.165 e. The molecular weight excluding hydrogens is 779 g/mol. The number of hydrogen-bond acceptors (Lipinski definition) is 2. The summed E-state index contributed by atoms with van der Waals surface area (Å²) in [6.07, 6.45) is 6.39. The number of hydrogen-bond donors (Lipinski definition) is 0. The quantitative estimate of drug-likeness (QED) is 0.168. The Morgan fingerprint density at radius 1 is 0.438 bits per heavy atom. The van der Waals surface area contributed by atoms with Crippen molar-refractivity contribution in [1.29, 1.82) is 0 Å². The van der Waals surface area contributed by atoms with Gasteiger partial charge in [-0.05, 0) is 101 Å². The summed E-state index contributed by atoms with van der Waals surface area (Å²) in [7, 11) is 0. The van der Waals surface area contributed by atoms with Crippen LogP contribution in [0, 0.1) is 0 Å². The van der Waals surface area contributed by atoms with Gasteiger partial charge in [-0.25, -0.2) is 9.97 Å². The highest BCUT2D eigenvalue weighted by atomic mass is 15.1. The van der Waals surface area contributed by atoms with E-state index in [1.54, 1.807) is 0 Å². The Morgan fingerprint density at radius 3 is 1.83 bits per heavy atom. The minimum Gasteiger partial charge on any atom is -0.309 e. The normalized spacial score (nSPS) is 12.1. The van der Waals surface area contributed by atoms with Gasteiger partial charge in [0.25, 0.3) is 0 Å². The molecule has 13 aromatic rings. The molecule has 0 aliphatic heterocycles. The van der Waals surface area contributed by atoms with Gasteiger partial charge in [0, 0.05) is 49.4 Å². The maximum Gasteiger partial charge on any atom is 0.165 e. The predicted molar refractivity (Wildman–Crippen MR) is 270 cm³/mol. The maximum atomic E-state index is 5.44. The minimum atomic E-state index is 0.800. The van der Waals surface area contributed by atoms with Crippen molar-refractivity contribution in [3.63, 3.8) is 0 Å². The number of aromatic nitrogens is 5. The van der Waals surface area contributed by atoms with Crippen LogP contribution in [0.25, 0.3) is 128 Å². The summed E-state index contributed by atoms with van der Waals surface area (Å²) in [6, 6.07) is 67.4. The molecule has 0 radical (unpaired) electrons. The van der Waals surface area contributed by atoms with E-state index in [4.69, 9.17) is 9.97 Å². The van der Waals surface area contributed by atoms with Gasteiger partial charge in [-0.1, -0.05) is 140 Å². The number of allylic oxidation sites excluding steroid dienone is 1. The Bertz CT molecular complexity index is 4110. The van der Waals surface area contributed by atoms with Crippen LogP contribution >= 0.6 is 0 Å². The first-order valence-corrected chi connectivity index (χ1v) is 21.8. The zero-order valence-corrected chi connectivity index (χ0v) is 35.1. The molecule has 0 aliphatic rings. The van der Waals surface area contributed by atoms with Crippen molar-refractivity contribution in [2.24, 2.45) is 0 Å². The molecule has 0 fully saturated rings. The van der Waals surface area contributed by atoms with Gasteiger partial charge in [-0.15, -0.1) is 0 Å². The van der Waals surface area contributed by atoms with Gasteiger partial charge >= 0.3 is 0 Å². The van der Waals surface area contributed by atoms with Gasteiger partial charge in [0.15, 0.2) is 5.82 Å². The fourth-order valence-corrected chi connectivity index (χ4v) is 10.4. The summed E-state index contributed by atoms with van der Waals surface area (Å²) in [4.78, 5) is 10.8. The SMILES string of the molecule is C=Cc1c(/C=C\C)n(-c2ccc3c(c2)c2ccccc2n3-c2nc3ccccc3nc2-c2cccc3ccccc23)c2ccc3c(c4ccccc4n3-c3ccc4ccccc4c3)c12. The first-order valence-electron chi connectivity index (χ1n) is 21.8. The molecule has 0 amide bonds. The first kappa shape index (κ1) is 36.1. The molecule has 0 aliphatic carbocycles. The standard InChI is InChI=1S/C59H39N5/c1-3-16-50-42(4-2)56-54(33-34-55-57(56)46-23-10-14-28-52(46)62(55)40-30-29-37-17-5-6-19-39(37)35-40)63(50)41-31-32-53-47(36-41)44-22-9-13-27-51(44)64(53)59-58(60-48-25-11-12-26-49(48)61-59)45-24-15-20-38-18-7-8-21-43(38)45/h3-36H,2H2,1H3/b16-3-. The third-order valence-electron chi connectivity index (χ3n) is 13.1. The fourth-order valence-electron chi connectivity index (χ4n) is 10.4. The van der Waals surface area contributed by atoms with Gasteiger partial charge in [0.05, 0.1) is 44.3 Å². The van der Waals surface area contributed by atoms with E-state index in [1.165, 1.54) is 32.4 Å². The molecule has 300 valence electrons. The van der Waals surface area contributed by atoms with E-state index in [0.717, 1.165) is 94.4 Å². The van der Waals surface area contributed by atoms with Crippen LogP contribution < -0.4 is 0 Å². The number of rotatable bonds is 6. The average Bonchev–Trinajstić information content (AvgIpc) is 3.98. The van der Waals surface area contributed by atoms with E-state index in [9.17, 15) is 0 Å². The van der Waals surface area contributed by atoms with E-state index in [1.807, 2.05) is 18.2 Å². The molecule has 0 saturated heterocycles. The first-order chi connectivity index (χ1) is 31.7. The van der Waals surface area contributed by atoms with E-state index >= 15 is 0 Å². The molecule has 5 heteroatoms. The second kappa shape index (κ2) is 14.0. The van der Waals surface area contributed by atoms with Crippen molar-refractivity contribution < 1.29 is 0 Å². The van der Waals surface area contributed by atoms with Gasteiger partial charge < -0.3 is 9.13 Å². The Morgan fingerprint density at radius 2 is 1.03 bits per heavy atom. The Kier molecular flexibility index (Phi) is 7.90. The van der Waals surface area contributed by atoms with E-state index < -0.39 is 0 Å². The van der Waals surface area contributed by atoms with Crippen LogP contribution in [-0.4, -0.2) is 23.7 Å². The zero-order valence-electron chi connectivity index (χ0n) is 35.1. The molecular formula is C59H39N5. The van der Waals surface area contributed by atoms with Gasteiger partial charge in [-0.3, -0.25) is 4.57 Å². The summed E-state index contributed by atoms with van der Waals surface area (Å²) >= 11 is 0. The fraction of sp³-hybridized carbons (Fsp3) is 0.0169. The highest BCUT2D eigenvalue weighted by Gasteiger charge is 2.24. The lowest BCUT2D eigenvalue weighted by molar-refractivity contribution is 1.08. The summed E-state index contributed by atoms with van der Waals surface area (Å²) in [5.74, 6) is 0.800. The van der Waals surface area contributed by atoms with E-state index in [0.29, 0.717) is 0 Å². The monoisotopic (exact) mass is 817 g/mol. The molecule has 0 saturated carbocycles. The van der Waals surface area contributed by atoms with Crippen molar-refractivity contribution in [3.05, 3.63) is 212 Å². The molecule has 0 N–H and O–H groups in total. The lowest BCUT2D eigenvalue weighted by Crippen LogP contribution is -2.04. The topological polar surface area (TPSA) is 40.6 Å². The Hall–Kier alpha value is -8.54. The number of fused-ring (bicyclic) bond motifs is 11. The lowest BCUT2D eigenvalue weighted by Gasteiger charge is -2.15. The second-order valence-corrected chi connectivity index (χ2v) is 16.5. The van der Waals surface area contributed by atoms with Gasteiger partial charge in [-0.2, -0.15) is 0 Å². The third kappa shape index (κ3) is 5.18. The van der Waals surface area contributed by atoms with Crippen molar-refractivity contribution in [2.75, 3.05) is 0 Å². The lowest BCUT2D eigenvalue weighted by atomic mass is 10.0. The summed E-state index contributed by atoms with van der Waals surface area (Å²) in [6.45, 7) is 6.54. The predicted octanol–water partition coefficient (Wildman–Crippen LogP) is 15.4. The van der Waals surface area contributed by atoms with Crippen LogP contribution in [0.15, 0.2) is 201 Å². The van der Waals surface area contributed by atoms with Gasteiger partial charge in [0.1, 0.15) is 5.69 Å². The highest BCUT2D eigenvalue weighted by Crippen LogP contribution is 2.44. The van der Waals surface area contributed by atoms with Crippen molar-refractivity contribution in [1.82, 2.24) is 23.7 Å². The molecule has 9 aromatic carbocycles. The Labute approximate surface area is 368 Å². The van der Waals surface area contributed by atoms with Crippen LogP contribution in [0.1, 0.15) is 18.2 Å². The molecule has 0 unspecified atom stereocenters. The van der Waals surface area contributed by atoms with E-state index in [-0.39, 0.29) is 0 Å². The van der Waals surface area contributed by atoms with Crippen molar-refractivity contribution in [3.8, 4) is 28.5 Å². The summed E-state index contributed by atoms with van der Waals surface area (Å²) in [5, 5.41) is 10.6. The van der Waals surface area contributed by atoms with Crippen LogP contribution in [0.2, 0.25) is 0 Å². The number of para-hydroxylation sites is 4. The average molecular weight is 818 g/mol. The largest absolute Gasteiger partial charge is 0.309 e. The molecule has 0 bridgehead atoms. The highest BCUT2D eigenvalue weighted by molar-refractivity contribution is 6.24. The summed E-state index contributed by atoms with van der Waals surface area (Å²) < 4.78 is 7.14. The number of benzene rings is 9. The molecule has 0 spiro atoms. The molecule has 64 heavy (non-hydrogen) atoms. The van der Waals surface area contributed by atoms with Gasteiger partial charge in [0.2, 0.25) is 0 Å². The molecule has 4 heterocycles. The van der Waals surface area contributed by atoms with Crippen LogP contribution in [0.5, 0.6) is 0 Å². The van der Waals surface area contributed by atoms with Crippen LogP contribution in [0.3, 0.4) is 0 Å². The zero-order chi connectivity index (χ0) is 42.5. The minimum absolute atomic E-state index is 0.800. The summed E-state index contributed by atoms with van der Waals surface area (Å²) in [5.41, 5.74) is 13.6.